The van der Waals surface area contributed by atoms with Crippen molar-refractivity contribution in [3.05, 3.63) is 144 Å². The summed E-state index contributed by atoms with van der Waals surface area (Å²) in [5.74, 6) is -40.8. The smallest absolute Gasteiger partial charge is 0.308 e. The lowest BCUT2D eigenvalue weighted by atomic mass is 9.51. The van der Waals surface area contributed by atoms with Crippen LogP contribution in [0, 0.1) is 94.7 Å². The summed E-state index contributed by atoms with van der Waals surface area (Å²) in [7, 11) is 0. The van der Waals surface area contributed by atoms with E-state index in [9.17, 15) is 79.2 Å². The molecule has 0 aromatic heterocycles. The van der Waals surface area contributed by atoms with Gasteiger partial charge in [-0.3, -0.25) is 80.9 Å². The van der Waals surface area contributed by atoms with Crippen LogP contribution >= 0.6 is 0 Å². The molecule has 0 radical (unpaired) electrons. The van der Waals surface area contributed by atoms with E-state index in [1.165, 1.54) is 0 Å². The predicted molar refractivity (Wildman–Crippen MR) is 308 cm³/mol. The average molecular weight is 1210 g/mol. The first-order chi connectivity index (χ1) is 42.4. The standard InChI is InChI=1S/C64H72N8O16/c73-57(74)41-37-38(42(58(75)76)46(62(83)84)45(41)61(81)82)55-70-53(37)67-50-30-24-14-13-23-29(30)49(65-50)66-51-35-33(27-19-9-3-10-20-27)31(25-15-5-1-6-16-25)32(26-17-7-2-8-18-26)34(28-21-11-4-12-22-28)36(35)52(68-51)69-54-39-40(56(71-54)72-55)44(60(79)80)48(64(87)88)47(63(85)86)43(39)59(77)78/h1-12,15-22,29-56,65-72H,13-14,23-24H2,(H,73,74)(H,75,76)(H,77,78)(H,79,80)(H,81,82)(H,83,84)(H,85,86)(H,87,88). The molecule has 0 amide bonds. The van der Waals surface area contributed by atoms with Gasteiger partial charge in [0.15, 0.2) is 0 Å². The second-order valence-electron chi connectivity index (χ2n) is 25.9. The summed E-state index contributed by atoms with van der Waals surface area (Å²) in [6, 6.07) is 40.9. The summed E-state index contributed by atoms with van der Waals surface area (Å²) in [6.07, 6.45) is -5.33. The number of rotatable bonds is 12. The topological polar surface area (TPSA) is 395 Å². The molecule has 28 unspecified atom stereocenters. The van der Waals surface area contributed by atoms with Gasteiger partial charge in [-0.1, -0.05) is 134 Å². The summed E-state index contributed by atoms with van der Waals surface area (Å²) < 4.78 is 0. The summed E-state index contributed by atoms with van der Waals surface area (Å²) in [5.41, 5.74) is 4.13. The van der Waals surface area contributed by atoms with E-state index < -0.39 is 174 Å². The first kappa shape index (κ1) is 59.3. The molecule has 8 bridgehead atoms. The molecule has 5 aliphatic heterocycles. The molecule has 9 aliphatic rings. The van der Waals surface area contributed by atoms with Gasteiger partial charge in [-0.25, -0.2) is 0 Å². The Hall–Kier alpha value is -7.68. The molecular weight excluding hydrogens is 1140 g/mol. The molecule has 28 atom stereocenters. The van der Waals surface area contributed by atoms with E-state index in [4.69, 9.17) is 0 Å². The molecule has 5 saturated heterocycles. The molecule has 4 aliphatic carbocycles. The normalized spacial score (nSPS) is 42.3. The van der Waals surface area contributed by atoms with Gasteiger partial charge in [-0.15, -0.1) is 0 Å². The van der Waals surface area contributed by atoms with E-state index in [0.29, 0.717) is 6.42 Å². The van der Waals surface area contributed by atoms with Gasteiger partial charge >= 0.3 is 47.8 Å². The van der Waals surface area contributed by atoms with Crippen molar-refractivity contribution in [3.8, 4) is 0 Å². The van der Waals surface area contributed by atoms with Crippen molar-refractivity contribution in [3.63, 3.8) is 0 Å². The lowest BCUT2D eigenvalue weighted by molar-refractivity contribution is -0.183. The molecule has 4 aromatic rings. The van der Waals surface area contributed by atoms with Gasteiger partial charge in [0.1, 0.15) is 0 Å². The fourth-order valence-corrected chi connectivity index (χ4v) is 19.5. The van der Waals surface area contributed by atoms with E-state index >= 15 is 0 Å². The van der Waals surface area contributed by atoms with E-state index in [0.717, 1.165) is 41.5 Å². The zero-order valence-corrected chi connectivity index (χ0v) is 47.4. The van der Waals surface area contributed by atoms with E-state index in [1.54, 1.807) is 0 Å². The van der Waals surface area contributed by atoms with Gasteiger partial charge in [0.2, 0.25) is 0 Å². The van der Waals surface area contributed by atoms with Gasteiger partial charge in [-0.2, -0.15) is 0 Å². The largest absolute Gasteiger partial charge is 0.481 e. The molecule has 24 nitrogen and oxygen atoms in total. The Morgan fingerprint density at radius 2 is 0.443 bits per heavy atom. The third-order valence-electron chi connectivity index (χ3n) is 22.2. The SMILES string of the molecule is O=C(O)C1C(C(=O)O)C(C(=O)O)C2C3NC(NC4NC(NC5NC(NC6NC(N3)C3C(C(=O)O)C(C(=O)O)C(C(=O)O)C(C(=O)O)C63)C3C(c6ccccc6)C(c6ccccc6)C(c6ccccc6)C(c6ccccc6)C53)C3CCCCC43)C2C1C(=O)O. The predicted octanol–water partition coefficient (Wildman–Crippen LogP) is 2.67. The van der Waals surface area contributed by atoms with Crippen LogP contribution in [0.3, 0.4) is 0 Å². The highest BCUT2D eigenvalue weighted by Crippen LogP contribution is 2.65. The van der Waals surface area contributed by atoms with Crippen molar-refractivity contribution >= 4 is 47.8 Å². The quantitative estimate of drug-likeness (QED) is 0.0969. The highest BCUT2D eigenvalue weighted by Gasteiger charge is 2.71. The lowest BCUT2D eigenvalue weighted by Crippen LogP contribution is -2.63. The first-order valence-corrected chi connectivity index (χ1v) is 30.5. The molecule has 9 fully saturated rings. The summed E-state index contributed by atoms with van der Waals surface area (Å²) in [6.45, 7) is 0. The van der Waals surface area contributed by atoms with E-state index in [1.807, 2.05) is 72.8 Å². The monoisotopic (exact) mass is 1210 g/mol. The fourth-order valence-electron chi connectivity index (χ4n) is 19.5. The van der Waals surface area contributed by atoms with Crippen LogP contribution in [0.4, 0.5) is 0 Å². The number of aliphatic carboxylic acids is 8. The van der Waals surface area contributed by atoms with Crippen LogP contribution in [0.15, 0.2) is 121 Å². The molecule has 13 rings (SSSR count). The molecule has 4 saturated carbocycles. The van der Waals surface area contributed by atoms with E-state index in [-0.39, 0.29) is 41.4 Å². The fraction of sp³-hybridized carbons (Fsp3) is 0.500. The number of carbonyl (C=O) groups is 8. The van der Waals surface area contributed by atoms with Gasteiger partial charge < -0.3 is 40.9 Å². The highest BCUT2D eigenvalue weighted by molar-refractivity contribution is 5.91. The second kappa shape index (κ2) is 23.4. The van der Waals surface area contributed by atoms with Crippen molar-refractivity contribution < 1.29 is 79.2 Å². The maximum atomic E-state index is 14.2. The minimum Gasteiger partial charge on any atom is -0.481 e. The van der Waals surface area contributed by atoms with Crippen LogP contribution in [0.25, 0.3) is 0 Å². The molecular formula is C64H72N8O16. The van der Waals surface area contributed by atoms with Crippen LogP contribution in [0.5, 0.6) is 0 Å². The van der Waals surface area contributed by atoms with Gasteiger partial charge in [0.05, 0.1) is 96.7 Å². The Balaban J connectivity index is 1.05. The number of carboxylic acid groups (broad SMARTS) is 8. The van der Waals surface area contributed by atoms with Crippen molar-refractivity contribution in [1.82, 2.24) is 42.5 Å². The minimum absolute atomic E-state index is 0.0809. The van der Waals surface area contributed by atoms with Gasteiger partial charge in [0.25, 0.3) is 0 Å². The number of hydrogen-bond donors (Lipinski definition) is 16. The van der Waals surface area contributed by atoms with Crippen molar-refractivity contribution in [1.29, 1.82) is 0 Å². The Kier molecular flexibility index (Phi) is 15.7. The Morgan fingerprint density at radius 3 is 0.670 bits per heavy atom. The number of fused-ring (bicyclic) bond motifs is 20. The lowest BCUT2D eigenvalue weighted by Gasteiger charge is -2.53. The van der Waals surface area contributed by atoms with Crippen LogP contribution in [0.1, 0.15) is 71.6 Å². The number of hydrogen-bond acceptors (Lipinski definition) is 16. The summed E-state index contributed by atoms with van der Waals surface area (Å²) in [4.78, 5) is 110. The molecule has 4 aromatic carbocycles. The van der Waals surface area contributed by atoms with Crippen molar-refractivity contribution in [2.45, 2.75) is 98.7 Å². The van der Waals surface area contributed by atoms with Crippen LogP contribution < -0.4 is 42.5 Å². The highest BCUT2D eigenvalue weighted by atomic mass is 16.4. The Bertz CT molecular complexity index is 3360. The maximum Gasteiger partial charge on any atom is 0.308 e. The molecule has 16 N–H and O–H groups in total. The number of nitrogens with one attached hydrogen (secondary N) is 8. The average Bonchev–Trinajstić information content (AvgIpc) is 3.06. The van der Waals surface area contributed by atoms with Crippen molar-refractivity contribution in [2.75, 3.05) is 0 Å². The van der Waals surface area contributed by atoms with E-state index in [2.05, 4.69) is 91.1 Å². The first-order valence-electron chi connectivity index (χ1n) is 30.5. The number of carboxylic acids is 8. The third kappa shape index (κ3) is 9.73. The van der Waals surface area contributed by atoms with Crippen molar-refractivity contribution in [2.24, 2.45) is 94.7 Å². The molecule has 5 heterocycles. The third-order valence-corrected chi connectivity index (χ3v) is 22.2. The molecule has 464 valence electrons. The maximum absolute atomic E-state index is 14.2. The van der Waals surface area contributed by atoms with Crippen LogP contribution in [-0.2, 0) is 38.4 Å². The zero-order valence-electron chi connectivity index (χ0n) is 47.4. The van der Waals surface area contributed by atoms with Gasteiger partial charge in [0, 0.05) is 35.5 Å². The zero-order chi connectivity index (χ0) is 61.7. The summed E-state index contributed by atoms with van der Waals surface area (Å²) >= 11 is 0. The van der Waals surface area contributed by atoms with Crippen LogP contribution in [0.2, 0.25) is 0 Å². The second-order valence-corrected chi connectivity index (χ2v) is 25.9. The molecule has 88 heavy (non-hydrogen) atoms. The Morgan fingerprint density at radius 1 is 0.250 bits per heavy atom. The van der Waals surface area contributed by atoms with Gasteiger partial charge in [-0.05, 0) is 70.6 Å². The summed E-state index contributed by atoms with van der Waals surface area (Å²) in [5, 5.41) is 118. The minimum atomic E-state index is -2.36. The Labute approximate surface area is 504 Å². The number of benzene rings is 4. The molecule has 0 spiro atoms. The molecule has 24 heteroatoms. The van der Waals surface area contributed by atoms with Crippen LogP contribution in [-0.4, -0.2) is 138 Å².